The fraction of sp³-hybridized carbons (Fsp3) is 0.526. The molecule has 2 fully saturated rings. The highest BCUT2D eigenvalue weighted by atomic mass is 35.5. The van der Waals surface area contributed by atoms with E-state index in [1.165, 1.54) is 0 Å². The van der Waals surface area contributed by atoms with Crippen LogP contribution >= 0.6 is 11.6 Å². The fourth-order valence-electron chi connectivity index (χ4n) is 3.58. The van der Waals surface area contributed by atoms with Crippen molar-refractivity contribution in [1.82, 2.24) is 14.7 Å². The molecule has 0 radical (unpaired) electrons. The van der Waals surface area contributed by atoms with Gasteiger partial charge in [0.1, 0.15) is 6.04 Å². The van der Waals surface area contributed by atoms with Crippen molar-refractivity contribution >= 4 is 29.3 Å². The van der Waals surface area contributed by atoms with Crippen LogP contribution in [0.4, 0.5) is 0 Å². The Balaban J connectivity index is 1.55. The Labute approximate surface area is 158 Å². The highest BCUT2D eigenvalue weighted by molar-refractivity contribution is 6.30. The molecule has 140 valence electrons. The van der Waals surface area contributed by atoms with Crippen LogP contribution in [0.1, 0.15) is 31.7 Å². The summed E-state index contributed by atoms with van der Waals surface area (Å²) < 4.78 is 0. The molecule has 0 saturated carbocycles. The molecule has 3 rings (SSSR count). The summed E-state index contributed by atoms with van der Waals surface area (Å²) in [5.74, 6) is 0.0841. The summed E-state index contributed by atoms with van der Waals surface area (Å²) in [7, 11) is 0. The monoisotopic (exact) mass is 377 g/mol. The molecule has 1 aromatic carbocycles. The Hall–Kier alpha value is -2.08. The van der Waals surface area contributed by atoms with Crippen molar-refractivity contribution in [3.63, 3.8) is 0 Å². The van der Waals surface area contributed by atoms with Crippen molar-refractivity contribution in [1.29, 1.82) is 0 Å². The Morgan fingerprint density at radius 3 is 2.58 bits per heavy atom. The van der Waals surface area contributed by atoms with Crippen LogP contribution in [0, 0.1) is 0 Å². The second-order valence-corrected chi connectivity index (χ2v) is 7.36. The molecule has 26 heavy (non-hydrogen) atoms. The largest absolute Gasteiger partial charge is 0.343 e. The quantitative estimate of drug-likeness (QED) is 0.760. The van der Waals surface area contributed by atoms with Crippen LogP contribution in [0.25, 0.3) is 0 Å². The molecule has 1 atom stereocenters. The molecule has 2 saturated heterocycles. The van der Waals surface area contributed by atoms with E-state index in [2.05, 4.69) is 0 Å². The second-order valence-electron chi connectivity index (χ2n) is 6.93. The molecular weight excluding hydrogens is 354 g/mol. The van der Waals surface area contributed by atoms with Gasteiger partial charge in [-0.1, -0.05) is 23.7 Å². The number of hydrogen-bond acceptors (Lipinski definition) is 3. The number of nitrogens with zero attached hydrogens (tertiary/aromatic N) is 3. The van der Waals surface area contributed by atoms with E-state index in [-0.39, 0.29) is 24.3 Å². The molecule has 0 aromatic heterocycles. The van der Waals surface area contributed by atoms with E-state index in [0.717, 1.165) is 18.5 Å². The number of piperazine rings is 1. The SMILES string of the molecule is C[C@H]1C(=O)N(CCCN2CCCC2=O)CC(=O)N1Cc1cccc(Cl)c1. The van der Waals surface area contributed by atoms with E-state index in [4.69, 9.17) is 11.6 Å². The molecule has 2 aliphatic rings. The summed E-state index contributed by atoms with van der Waals surface area (Å²) in [4.78, 5) is 41.9. The first-order valence-electron chi connectivity index (χ1n) is 9.06. The van der Waals surface area contributed by atoms with Gasteiger partial charge in [0.2, 0.25) is 17.7 Å². The third-order valence-electron chi connectivity index (χ3n) is 5.05. The standard InChI is InChI=1S/C19H24ClN3O3/c1-14-19(26)22(10-4-9-21-8-3-7-17(21)24)13-18(25)23(14)12-15-5-2-6-16(20)11-15/h2,5-6,11,14H,3-4,7-10,12-13H2,1H3/t14-/m0/s1. The average Bonchev–Trinajstić information content (AvgIpc) is 3.01. The van der Waals surface area contributed by atoms with Crippen LogP contribution in [0.15, 0.2) is 24.3 Å². The van der Waals surface area contributed by atoms with Crippen LogP contribution in [0.3, 0.4) is 0 Å². The lowest BCUT2D eigenvalue weighted by molar-refractivity contribution is -0.155. The maximum atomic E-state index is 12.7. The predicted molar refractivity (Wildman–Crippen MR) is 98.5 cm³/mol. The van der Waals surface area contributed by atoms with E-state index in [1.54, 1.807) is 22.8 Å². The zero-order valence-electron chi connectivity index (χ0n) is 15.0. The third kappa shape index (κ3) is 4.18. The van der Waals surface area contributed by atoms with Gasteiger partial charge in [0, 0.05) is 37.6 Å². The molecule has 0 spiro atoms. The van der Waals surface area contributed by atoms with E-state index in [0.29, 0.717) is 37.5 Å². The van der Waals surface area contributed by atoms with Gasteiger partial charge in [0.15, 0.2) is 0 Å². The summed E-state index contributed by atoms with van der Waals surface area (Å²) in [6, 6.07) is 6.83. The number of carbonyl (C=O) groups excluding carboxylic acids is 3. The number of amides is 3. The van der Waals surface area contributed by atoms with E-state index >= 15 is 0 Å². The maximum absolute atomic E-state index is 12.7. The number of halogens is 1. The third-order valence-corrected chi connectivity index (χ3v) is 5.29. The molecule has 6 nitrogen and oxygen atoms in total. The lowest BCUT2D eigenvalue weighted by Crippen LogP contribution is -2.58. The fourth-order valence-corrected chi connectivity index (χ4v) is 3.80. The lowest BCUT2D eigenvalue weighted by atomic mass is 10.1. The van der Waals surface area contributed by atoms with Gasteiger partial charge in [-0.3, -0.25) is 14.4 Å². The first kappa shape index (κ1) is 18.7. The number of carbonyl (C=O) groups is 3. The Morgan fingerprint density at radius 2 is 1.88 bits per heavy atom. The number of hydrogen-bond donors (Lipinski definition) is 0. The molecular formula is C19H24ClN3O3. The summed E-state index contributed by atoms with van der Waals surface area (Å²) in [6.45, 7) is 4.19. The average molecular weight is 378 g/mol. The first-order valence-corrected chi connectivity index (χ1v) is 9.44. The Bertz CT molecular complexity index is 709. The topological polar surface area (TPSA) is 60.9 Å². The van der Waals surface area contributed by atoms with Crippen molar-refractivity contribution < 1.29 is 14.4 Å². The molecule has 2 aliphatic heterocycles. The highest BCUT2D eigenvalue weighted by Crippen LogP contribution is 2.19. The van der Waals surface area contributed by atoms with Gasteiger partial charge in [-0.2, -0.15) is 0 Å². The zero-order chi connectivity index (χ0) is 18.7. The van der Waals surface area contributed by atoms with Crippen LogP contribution in [0.5, 0.6) is 0 Å². The van der Waals surface area contributed by atoms with Crippen molar-refractivity contribution in [3.05, 3.63) is 34.9 Å². The van der Waals surface area contributed by atoms with Gasteiger partial charge in [0.25, 0.3) is 0 Å². The molecule has 0 N–H and O–H groups in total. The van der Waals surface area contributed by atoms with Crippen LogP contribution in [-0.2, 0) is 20.9 Å². The normalized spacial score (nSPS) is 21.1. The second kappa shape index (κ2) is 8.08. The minimum Gasteiger partial charge on any atom is -0.343 e. The minimum absolute atomic E-state index is 0.0422. The predicted octanol–water partition coefficient (Wildman–Crippen LogP) is 1.91. The number of likely N-dealkylation sites (tertiary alicyclic amines) is 1. The Morgan fingerprint density at radius 1 is 1.12 bits per heavy atom. The van der Waals surface area contributed by atoms with Crippen LogP contribution in [0.2, 0.25) is 5.02 Å². The van der Waals surface area contributed by atoms with Crippen LogP contribution in [-0.4, -0.2) is 64.6 Å². The van der Waals surface area contributed by atoms with E-state index < -0.39 is 6.04 Å². The van der Waals surface area contributed by atoms with Crippen molar-refractivity contribution in [2.24, 2.45) is 0 Å². The minimum atomic E-state index is -0.497. The molecule has 7 heteroatoms. The van der Waals surface area contributed by atoms with Gasteiger partial charge < -0.3 is 14.7 Å². The highest BCUT2D eigenvalue weighted by Gasteiger charge is 2.36. The van der Waals surface area contributed by atoms with Crippen molar-refractivity contribution in [3.8, 4) is 0 Å². The summed E-state index contributed by atoms with van der Waals surface area (Å²) in [5, 5.41) is 0.615. The molecule has 3 amide bonds. The number of rotatable bonds is 6. The van der Waals surface area contributed by atoms with Gasteiger partial charge in [-0.05, 0) is 37.5 Å². The van der Waals surface area contributed by atoms with Crippen LogP contribution < -0.4 is 0 Å². The smallest absolute Gasteiger partial charge is 0.245 e. The van der Waals surface area contributed by atoms with Gasteiger partial charge in [0.05, 0.1) is 6.54 Å². The lowest BCUT2D eigenvalue weighted by Gasteiger charge is -2.39. The maximum Gasteiger partial charge on any atom is 0.245 e. The number of benzene rings is 1. The first-order chi connectivity index (χ1) is 12.5. The van der Waals surface area contributed by atoms with E-state index in [1.807, 2.05) is 23.1 Å². The van der Waals surface area contributed by atoms with Gasteiger partial charge >= 0.3 is 0 Å². The van der Waals surface area contributed by atoms with Crippen molar-refractivity contribution in [2.45, 2.75) is 38.8 Å². The molecule has 0 aliphatic carbocycles. The zero-order valence-corrected chi connectivity index (χ0v) is 15.7. The summed E-state index contributed by atoms with van der Waals surface area (Å²) >= 11 is 6.00. The Kier molecular flexibility index (Phi) is 5.81. The summed E-state index contributed by atoms with van der Waals surface area (Å²) in [6.07, 6.45) is 2.23. The van der Waals surface area contributed by atoms with Crippen molar-refractivity contribution in [2.75, 3.05) is 26.2 Å². The van der Waals surface area contributed by atoms with E-state index in [9.17, 15) is 14.4 Å². The van der Waals surface area contributed by atoms with Gasteiger partial charge in [-0.25, -0.2) is 0 Å². The van der Waals surface area contributed by atoms with Gasteiger partial charge in [-0.15, -0.1) is 0 Å². The molecule has 1 aromatic rings. The molecule has 2 heterocycles. The summed E-state index contributed by atoms with van der Waals surface area (Å²) in [5.41, 5.74) is 0.909. The molecule has 0 unspecified atom stereocenters. The molecule has 0 bridgehead atoms.